The molecule has 1 saturated heterocycles. The minimum atomic E-state index is 0.580. The Hall–Kier alpha value is -0.0800. The second-order valence-electron chi connectivity index (χ2n) is 7.21. The standard InChI is InChI=1S/C17H33NO/c1-13(2)18-12-16-7-6-14(3)11-15(16)8-9-17-5-4-10-19-17/h13-18H,4-12H2,1-3H3. The quantitative estimate of drug-likeness (QED) is 0.785. The number of rotatable bonds is 6. The number of nitrogens with one attached hydrogen (secondary N) is 1. The second kappa shape index (κ2) is 7.64. The molecule has 1 aliphatic heterocycles. The summed E-state index contributed by atoms with van der Waals surface area (Å²) < 4.78 is 5.79. The van der Waals surface area contributed by atoms with Gasteiger partial charge in [-0.15, -0.1) is 0 Å². The molecule has 19 heavy (non-hydrogen) atoms. The van der Waals surface area contributed by atoms with E-state index in [-0.39, 0.29) is 0 Å². The van der Waals surface area contributed by atoms with Crippen LogP contribution in [-0.4, -0.2) is 25.3 Å². The third-order valence-electron chi connectivity index (χ3n) is 5.07. The number of hydrogen-bond donors (Lipinski definition) is 1. The first-order chi connectivity index (χ1) is 9.15. The molecule has 2 rings (SSSR count). The topological polar surface area (TPSA) is 21.3 Å². The Bertz CT molecular complexity index is 248. The van der Waals surface area contributed by atoms with Gasteiger partial charge in [-0.1, -0.05) is 27.2 Å². The minimum absolute atomic E-state index is 0.580. The van der Waals surface area contributed by atoms with Crippen LogP contribution < -0.4 is 5.32 Å². The molecule has 4 atom stereocenters. The van der Waals surface area contributed by atoms with Crippen molar-refractivity contribution in [2.24, 2.45) is 17.8 Å². The molecule has 2 heteroatoms. The zero-order chi connectivity index (χ0) is 13.7. The highest BCUT2D eigenvalue weighted by Crippen LogP contribution is 2.37. The van der Waals surface area contributed by atoms with Crippen LogP contribution in [0, 0.1) is 17.8 Å². The van der Waals surface area contributed by atoms with Gasteiger partial charge in [0, 0.05) is 12.6 Å². The lowest BCUT2D eigenvalue weighted by molar-refractivity contribution is 0.0851. The Morgan fingerprint density at radius 3 is 2.63 bits per heavy atom. The van der Waals surface area contributed by atoms with Gasteiger partial charge in [-0.2, -0.15) is 0 Å². The van der Waals surface area contributed by atoms with Crippen LogP contribution in [-0.2, 0) is 4.74 Å². The molecule has 1 aliphatic carbocycles. The van der Waals surface area contributed by atoms with E-state index >= 15 is 0 Å². The third kappa shape index (κ3) is 5.07. The lowest BCUT2D eigenvalue weighted by Gasteiger charge is -2.36. The van der Waals surface area contributed by atoms with Gasteiger partial charge < -0.3 is 10.1 Å². The summed E-state index contributed by atoms with van der Waals surface area (Å²) in [5.74, 6) is 2.77. The van der Waals surface area contributed by atoms with Crippen molar-refractivity contribution in [3.05, 3.63) is 0 Å². The molecule has 0 aromatic rings. The molecule has 1 saturated carbocycles. The third-order valence-corrected chi connectivity index (χ3v) is 5.07. The second-order valence-corrected chi connectivity index (χ2v) is 7.21. The highest BCUT2D eigenvalue weighted by Gasteiger charge is 2.29. The molecule has 2 aliphatic rings. The lowest BCUT2D eigenvalue weighted by Crippen LogP contribution is -2.36. The van der Waals surface area contributed by atoms with Gasteiger partial charge in [-0.05, 0) is 62.8 Å². The SMILES string of the molecule is CC1CCC(CNC(C)C)C(CCC2CCCO2)C1. The smallest absolute Gasteiger partial charge is 0.0576 e. The van der Waals surface area contributed by atoms with Crippen LogP contribution in [0.25, 0.3) is 0 Å². The van der Waals surface area contributed by atoms with E-state index in [1.54, 1.807) is 0 Å². The molecule has 0 spiro atoms. The molecule has 4 unspecified atom stereocenters. The summed E-state index contributed by atoms with van der Waals surface area (Å²) in [7, 11) is 0. The molecular weight excluding hydrogens is 234 g/mol. The predicted molar refractivity (Wildman–Crippen MR) is 81.3 cm³/mol. The minimum Gasteiger partial charge on any atom is -0.378 e. The van der Waals surface area contributed by atoms with Crippen molar-refractivity contribution in [1.82, 2.24) is 5.32 Å². The molecular formula is C17H33NO. The van der Waals surface area contributed by atoms with Crippen LogP contribution in [0.2, 0.25) is 0 Å². The van der Waals surface area contributed by atoms with Gasteiger partial charge in [0.15, 0.2) is 0 Å². The highest BCUT2D eigenvalue weighted by molar-refractivity contribution is 4.81. The summed E-state index contributed by atoms with van der Waals surface area (Å²) in [5.41, 5.74) is 0. The monoisotopic (exact) mass is 267 g/mol. The first kappa shape index (κ1) is 15.3. The average Bonchev–Trinajstić information content (AvgIpc) is 2.88. The Morgan fingerprint density at radius 2 is 1.95 bits per heavy atom. The van der Waals surface area contributed by atoms with E-state index in [4.69, 9.17) is 4.74 Å². The summed E-state index contributed by atoms with van der Waals surface area (Å²) >= 11 is 0. The van der Waals surface area contributed by atoms with E-state index < -0.39 is 0 Å². The normalized spacial score (nSPS) is 36.0. The fourth-order valence-corrected chi connectivity index (χ4v) is 3.84. The molecule has 2 fully saturated rings. The van der Waals surface area contributed by atoms with Crippen molar-refractivity contribution in [2.75, 3.05) is 13.2 Å². The largest absolute Gasteiger partial charge is 0.378 e. The maximum absolute atomic E-state index is 5.79. The first-order valence-corrected chi connectivity index (χ1v) is 8.50. The number of hydrogen-bond acceptors (Lipinski definition) is 2. The van der Waals surface area contributed by atoms with Crippen LogP contribution in [0.1, 0.15) is 65.7 Å². The van der Waals surface area contributed by atoms with E-state index in [1.165, 1.54) is 51.5 Å². The van der Waals surface area contributed by atoms with Crippen molar-refractivity contribution in [3.8, 4) is 0 Å². The van der Waals surface area contributed by atoms with E-state index in [0.717, 1.165) is 24.4 Å². The van der Waals surface area contributed by atoms with Crippen molar-refractivity contribution < 1.29 is 4.74 Å². The summed E-state index contributed by atoms with van der Waals surface area (Å²) in [5, 5.41) is 3.66. The van der Waals surface area contributed by atoms with E-state index in [1.807, 2.05) is 0 Å². The van der Waals surface area contributed by atoms with Crippen molar-refractivity contribution >= 4 is 0 Å². The fourth-order valence-electron chi connectivity index (χ4n) is 3.84. The molecule has 0 aromatic carbocycles. The molecule has 0 aromatic heterocycles. The molecule has 2 nitrogen and oxygen atoms in total. The number of ether oxygens (including phenoxy) is 1. The molecule has 1 N–H and O–H groups in total. The highest BCUT2D eigenvalue weighted by atomic mass is 16.5. The van der Waals surface area contributed by atoms with Gasteiger partial charge in [0.2, 0.25) is 0 Å². The fraction of sp³-hybridized carbons (Fsp3) is 1.00. The van der Waals surface area contributed by atoms with E-state index in [2.05, 4.69) is 26.1 Å². The summed E-state index contributed by atoms with van der Waals surface area (Å²) in [6.07, 6.45) is 10.2. The molecule has 0 radical (unpaired) electrons. The van der Waals surface area contributed by atoms with Crippen molar-refractivity contribution in [3.63, 3.8) is 0 Å². The van der Waals surface area contributed by atoms with E-state index in [0.29, 0.717) is 12.1 Å². The predicted octanol–water partition coefficient (Wildman–Crippen LogP) is 4.00. The summed E-state index contributed by atoms with van der Waals surface area (Å²) in [6.45, 7) is 9.18. The lowest BCUT2D eigenvalue weighted by atomic mass is 9.72. The molecule has 112 valence electrons. The molecule has 0 amide bonds. The van der Waals surface area contributed by atoms with Crippen LogP contribution in [0.4, 0.5) is 0 Å². The zero-order valence-corrected chi connectivity index (χ0v) is 13.2. The van der Waals surface area contributed by atoms with Gasteiger partial charge >= 0.3 is 0 Å². The van der Waals surface area contributed by atoms with Gasteiger partial charge in [0.25, 0.3) is 0 Å². The summed E-state index contributed by atoms with van der Waals surface area (Å²) in [6, 6.07) is 0.623. The Labute approximate surface area is 119 Å². The van der Waals surface area contributed by atoms with E-state index in [9.17, 15) is 0 Å². The zero-order valence-electron chi connectivity index (χ0n) is 13.2. The Balaban J connectivity index is 1.77. The van der Waals surface area contributed by atoms with Crippen LogP contribution >= 0.6 is 0 Å². The van der Waals surface area contributed by atoms with Crippen LogP contribution in [0.5, 0.6) is 0 Å². The maximum Gasteiger partial charge on any atom is 0.0576 e. The average molecular weight is 267 g/mol. The van der Waals surface area contributed by atoms with Gasteiger partial charge in [0.05, 0.1) is 6.10 Å². The van der Waals surface area contributed by atoms with Gasteiger partial charge in [-0.3, -0.25) is 0 Å². The van der Waals surface area contributed by atoms with Crippen LogP contribution in [0.15, 0.2) is 0 Å². The maximum atomic E-state index is 5.79. The molecule has 0 bridgehead atoms. The van der Waals surface area contributed by atoms with Crippen molar-refractivity contribution in [2.45, 2.75) is 77.9 Å². The van der Waals surface area contributed by atoms with Crippen LogP contribution in [0.3, 0.4) is 0 Å². The van der Waals surface area contributed by atoms with Gasteiger partial charge in [0.1, 0.15) is 0 Å². The van der Waals surface area contributed by atoms with Gasteiger partial charge in [-0.25, -0.2) is 0 Å². The van der Waals surface area contributed by atoms with Crippen molar-refractivity contribution in [1.29, 1.82) is 0 Å². The molecule has 1 heterocycles. The first-order valence-electron chi connectivity index (χ1n) is 8.50. The Kier molecular flexibility index (Phi) is 6.15. The Morgan fingerprint density at radius 1 is 1.11 bits per heavy atom. The summed E-state index contributed by atoms with van der Waals surface area (Å²) in [4.78, 5) is 0.